The summed E-state index contributed by atoms with van der Waals surface area (Å²) in [6.45, 7) is 4.91. The molecule has 0 aliphatic carbocycles. The number of pyridine rings is 2. The van der Waals surface area contributed by atoms with Gasteiger partial charge in [0.25, 0.3) is 5.91 Å². The molecule has 0 bridgehead atoms. The van der Waals surface area contributed by atoms with Gasteiger partial charge in [-0.3, -0.25) is 9.78 Å². The quantitative estimate of drug-likeness (QED) is 0.548. The van der Waals surface area contributed by atoms with Crippen LogP contribution in [0.2, 0.25) is 0 Å². The topological polar surface area (TPSA) is 135 Å². The third-order valence-electron chi connectivity index (χ3n) is 5.46. The van der Waals surface area contributed by atoms with E-state index in [-0.39, 0.29) is 24.8 Å². The molecule has 0 atom stereocenters. The van der Waals surface area contributed by atoms with Crippen LogP contribution in [0.4, 0.5) is 5.82 Å². The monoisotopic (exact) mass is 465 g/mol. The smallest absolute Gasteiger partial charge is 0.255 e. The number of carbonyl (C=O) groups excluding carboxylic acids is 1. The second-order valence-corrected chi connectivity index (χ2v) is 9.80. The lowest BCUT2D eigenvalue weighted by Gasteiger charge is -2.33. The lowest BCUT2D eigenvalue weighted by molar-refractivity contribution is 0.0698. The van der Waals surface area contributed by atoms with Gasteiger partial charge in [-0.05, 0) is 19.9 Å². The number of nitrogens with two attached hydrogens (primary N) is 1. The Kier molecular flexibility index (Phi) is 5.97. The third-order valence-corrected chi connectivity index (χ3v) is 6.77. The predicted molar refractivity (Wildman–Crippen MR) is 124 cm³/mol. The number of piperazine rings is 1. The molecule has 0 unspecified atom stereocenters. The number of nitrogens with zero attached hydrogens (tertiary/aromatic N) is 6. The number of hydrogen-bond acceptors (Lipinski definition) is 8. The molecule has 3 aromatic heterocycles. The second kappa shape index (κ2) is 8.73. The van der Waals surface area contributed by atoms with E-state index in [4.69, 9.17) is 5.73 Å². The second-order valence-electron chi connectivity index (χ2n) is 7.81. The van der Waals surface area contributed by atoms with Crippen LogP contribution in [-0.2, 0) is 10.0 Å². The molecular weight excluding hydrogens is 442 g/mol. The van der Waals surface area contributed by atoms with Gasteiger partial charge in [0.15, 0.2) is 0 Å². The van der Waals surface area contributed by atoms with Crippen molar-refractivity contribution in [2.24, 2.45) is 0 Å². The molecule has 10 nitrogen and oxygen atoms in total. The van der Waals surface area contributed by atoms with Crippen molar-refractivity contribution in [3.05, 3.63) is 52.7 Å². The summed E-state index contributed by atoms with van der Waals surface area (Å²) in [6.07, 6.45) is 5.77. The molecule has 170 valence electrons. The Labute approximate surface area is 191 Å². The zero-order valence-corrected chi connectivity index (χ0v) is 19.3. The predicted octanol–water partition coefficient (Wildman–Crippen LogP) is 0.736. The van der Waals surface area contributed by atoms with Crippen molar-refractivity contribution in [2.45, 2.75) is 13.8 Å². The van der Waals surface area contributed by atoms with Crippen molar-refractivity contribution in [2.75, 3.05) is 38.2 Å². The van der Waals surface area contributed by atoms with Crippen LogP contribution < -0.4 is 5.73 Å². The fourth-order valence-corrected chi connectivity index (χ4v) is 4.33. The summed E-state index contributed by atoms with van der Waals surface area (Å²) in [5.74, 6) is 6.03. The zero-order valence-electron chi connectivity index (χ0n) is 18.5. The van der Waals surface area contributed by atoms with Crippen LogP contribution in [-0.4, -0.2) is 75.9 Å². The molecule has 4 rings (SSSR count). The van der Waals surface area contributed by atoms with Crippen LogP contribution in [0.5, 0.6) is 0 Å². The molecule has 0 saturated carbocycles. The van der Waals surface area contributed by atoms with Gasteiger partial charge in [-0.25, -0.2) is 23.4 Å². The molecule has 1 fully saturated rings. The van der Waals surface area contributed by atoms with Crippen LogP contribution >= 0.6 is 0 Å². The number of carbonyl (C=O) groups is 1. The lowest BCUT2D eigenvalue weighted by Crippen LogP contribution is -2.50. The minimum Gasteiger partial charge on any atom is -0.383 e. The maximum absolute atomic E-state index is 12.9. The fourth-order valence-electron chi connectivity index (χ4n) is 3.50. The molecule has 0 aromatic carbocycles. The number of amides is 1. The summed E-state index contributed by atoms with van der Waals surface area (Å²) < 4.78 is 24.7. The Balaban J connectivity index is 1.59. The number of hydrogen-bond donors (Lipinski definition) is 1. The molecule has 1 aliphatic heterocycles. The van der Waals surface area contributed by atoms with Crippen molar-refractivity contribution in [3.8, 4) is 11.8 Å². The number of aromatic nitrogens is 4. The van der Waals surface area contributed by atoms with Crippen LogP contribution in [0.25, 0.3) is 11.0 Å². The summed E-state index contributed by atoms with van der Waals surface area (Å²) in [7, 11) is -3.26. The third kappa shape index (κ3) is 4.76. The van der Waals surface area contributed by atoms with E-state index in [0.717, 1.165) is 11.4 Å². The van der Waals surface area contributed by atoms with Crippen molar-refractivity contribution in [1.29, 1.82) is 0 Å². The molecule has 4 heterocycles. The Morgan fingerprint density at radius 1 is 1.03 bits per heavy atom. The van der Waals surface area contributed by atoms with Gasteiger partial charge in [0.2, 0.25) is 10.0 Å². The van der Waals surface area contributed by atoms with E-state index in [1.807, 2.05) is 13.8 Å². The summed E-state index contributed by atoms with van der Waals surface area (Å²) in [5.41, 5.74) is 10.2. The molecule has 1 amide bonds. The Bertz CT molecular complexity index is 1420. The highest BCUT2D eigenvalue weighted by Crippen LogP contribution is 2.20. The molecular formula is C22H23N7O3S. The SMILES string of the molecule is Cc1nc2cnc(N)c(C#Cc3cncc(C(=O)N4CCN(S(C)(=O)=O)CC4)c3)c2nc1C. The average molecular weight is 466 g/mol. The van der Waals surface area contributed by atoms with Crippen LogP contribution in [0, 0.1) is 25.7 Å². The van der Waals surface area contributed by atoms with Crippen LogP contribution in [0.15, 0.2) is 24.7 Å². The summed E-state index contributed by atoms with van der Waals surface area (Å²) in [4.78, 5) is 31.9. The average Bonchev–Trinajstić information content (AvgIpc) is 2.79. The highest BCUT2D eigenvalue weighted by Gasteiger charge is 2.26. The molecule has 33 heavy (non-hydrogen) atoms. The number of fused-ring (bicyclic) bond motifs is 1. The summed E-state index contributed by atoms with van der Waals surface area (Å²) in [6, 6.07) is 1.65. The molecule has 3 aromatic rings. The van der Waals surface area contributed by atoms with E-state index >= 15 is 0 Å². The van der Waals surface area contributed by atoms with E-state index < -0.39 is 10.0 Å². The van der Waals surface area contributed by atoms with E-state index in [1.165, 1.54) is 16.8 Å². The lowest BCUT2D eigenvalue weighted by atomic mass is 10.1. The van der Waals surface area contributed by atoms with Crippen molar-refractivity contribution >= 4 is 32.8 Å². The Morgan fingerprint density at radius 3 is 2.42 bits per heavy atom. The van der Waals surface area contributed by atoms with Gasteiger partial charge in [-0.15, -0.1) is 0 Å². The number of rotatable bonds is 2. The minimum absolute atomic E-state index is 0.220. The van der Waals surface area contributed by atoms with Gasteiger partial charge in [0.05, 0.1) is 35.0 Å². The van der Waals surface area contributed by atoms with Crippen LogP contribution in [0.1, 0.15) is 32.9 Å². The zero-order chi connectivity index (χ0) is 23.8. The first-order chi connectivity index (χ1) is 15.6. The molecule has 0 radical (unpaired) electrons. The van der Waals surface area contributed by atoms with Gasteiger partial charge < -0.3 is 10.6 Å². The van der Waals surface area contributed by atoms with Gasteiger partial charge >= 0.3 is 0 Å². The first-order valence-corrected chi connectivity index (χ1v) is 12.1. The maximum atomic E-state index is 12.9. The molecule has 0 spiro atoms. The maximum Gasteiger partial charge on any atom is 0.255 e. The highest BCUT2D eigenvalue weighted by molar-refractivity contribution is 7.88. The Morgan fingerprint density at radius 2 is 1.73 bits per heavy atom. The van der Waals surface area contributed by atoms with Crippen molar-refractivity contribution < 1.29 is 13.2 Å². The number of anilines is 1. The van der Waals surface area contributed by atoms with Crippen LogP contribution in [0.3, 0.4) is 0 Å². The minimum atomic E-state index is -3.26. The van der Waals surface area contributed by atoms with Gasteiger partial charge in [-0.2, -0.15) is 4.31 Å². The standard InChI is InChI=1S/C22H23N7O3S/c1-14-15(2)27-20-18(21(23)25-13-19(20)26-14)5-4-16-10-17(12-24-11-16)22(30)28-6-8-29(9-7-28)33(3,31)32/h10-13H,6-9H2,1-3H3,(H2,23,25). The highest BCUT2D eigenvalue weighted by atomic mass is 32.2. The van der Waals surface area contributed by atoms with Crippen molar-refractivity contribution in [3.63, 3.8) is 0 Å². The summed E-state index contributed by atoms with van der Waals surface area (Å²) in [5, 5.41) is 0. The van der Waals surface area contributed by atoms with E-state index in [2.05, 4.69) is 31.8 Å². The Hall–Kier alpha value is -3.62. The fraction of sp³-hybridized carbons (Fsp3) is 0.318. The van der Waals surface area contributed by atoms with Crippen molar-refractivity contribution in [1.82, 2.24) is 29.1 Å². The first kappa shape index (κ1) is 22.6. The normalized spacial score (nSPS) is 14.7. The number of nitrogen functional groups attached to an aromatic ring is 1. The largest absolute Gasteiger partial charge is 0.383 e. The molecule has 11 heteroatoms. The van der Waals surface area contributed by atoms with E-state index in [1.54, 1.807) is 23.4 Å². The molecule has 1 aliphatic rings. The van der Waals surface area contributed by atoms with E-state index in [0.29, 0.717) is 40.8 Å². The summed E-state index contributed by atoms with van der Waals surface area (Å²) >= 11 is 0. The number of aryl methyl sites for hydroxylation is 2. The van der Waals surface area contributed by atoms with Gasteiger partial charge in [-0.1, -0.05) is 11.8 Å². The van der Waals surface area contributed by atoms with Gasteiger partial charge in [0, 0.05) is 44.1 Å². The number of sulfonamides is 1. The van der Waals surface area contributed by atoms with E-state index in [9.17, 15) is 13.2 Å². The molecule has 1 saturated heterocycles. The molecule has 2 N–H and O–H groups in total. The van der Waals surface area contributed by atoms with Gasteiger partial charge in [0.1, 0.15) is 16.9 Å². The first-order valence-electron chi connectivity index (χ1n) is 10.2.